The minimum Gasteiger partial charge on any atom is -0.444 e. The van der Waals surface area contributed by atoms with Crippen LogP contribution in [0.15, 0.2) is 33.7 Å². The maximum atomic E-state index is 13.2. The number of guanidine groups is 1. The molecule has 7 heteroatoms. The van der Waals surface area contributed by atoms with E-state index in [1.165, 1.54) is 12.1 Å². The molecule has 0 amide bonds. The van der Waals surface area contributed by atoms with Crippen LogP contribution in [-0.2, 0) is 11.3 Å². The Balaban J connectivity index is 1.68. The zero-order valence-electron chi connectivity index (χ0n) is 15.6. The summed E-state index contributed by atoms with van der Waals surface area (Å²) in [5.74, 6) is 1.98. The standard InChI is InChI=1S/C19H25FN4O2/c1-12-10-24(11-17(25-12)15-5-7-16(20)8-6-15)19(21-4)22-9-18-23-13(2)14(3)26-18/h5-8,12,17H,9-11H2,1-4H3,(H,21,22). The third-order valence-corrected chi connectivity index (χ3v) is 4.48. The summed E-state index contributed by atoms with van der Waals surface area (Å²) < 4.78 is 24.8. The SMILES string of the molecule is CN=C(NCc1nc(C)c(C)o1)N1CC(C)OC(c2ccc(F)cc2)C1. The lowest BCUT2D eigenvalue weighted by Gasteiger charge is -2.38. The van der Waals surface area contributed by atoms with Crippen LogP contribution in [0.1, 0.15) is 35.9 Å². The lowest BCUT2D eigenvalue weighted by molar-refractivity contribution is -0.0605. The van der Waals surface area contributed by atoms with E-state index >= 15 is 0 Å². The van der Waals surface area contributed by atoms with Gasteiger partial charge in [-0.15, -0.1) is 0 Å². The van der Waals surface area contributed by atoms with Gasteiger partial charge < -0.3 is 19.4 Å². The molecule has 0 aliphatic carbocycles. The Hall–Kier alpha value is -2.41. The van der Waals surface area contributed by atoms with Gasteiger partial charge in [-0.2, -0.15) is 0 Å². The highest BCUT2D eigenvalue weighted by atomic mass is 19.1. The van der Waals surface area contributed by atoms with E-state index in [4.69, 9.17) is 9.15 Å². The van der Waals surface area contributed by atoms with Crippen molar-refractivity contribution in [2.24, 2.45) is 4.99 Å². The van der Waals surface area contributed by atoms with Crippen molar-refractivity contribution < 1.29 is 13.5 Å². The molecule has 1 saturated heterocycles. The lowest BCUT2D eigenvalue weighted by atomic mass is 10.1. The van der Waals surface area contributed by atoms with E-state index in [-0.39, 0.29) is 18.0 Å². The minimum absolute atomic E-state index is 0.0311. The van der Waals surface area contributed by atoms with Crippen molar-refractivity contribution in [2.75, 3.05) is 20.1 Å². The number of aliphatic imine (C=N–C) groups is 1. The van der Waals surface area contributed by atoms with E-state index in [0.29, 0.717) is 19.0 Å². The van der Waals surface area contributed by atoms with Crippen LogP contribution >= 0.6 is 0 Å². The van der Waals surface area contributed by atoms with Crippen LogP contribution in [0.25, 0.3) is 0 Å². The number of morpholine rings is 1. The van der Waals surface area contributed by atoms with Crippen LogP contribution < -0.4 is 5.32 Å². The second kappa shape index (κ2) is 7.86. The summed E-state index contributed by atoms with van der Waals surface area (Å²) in [6, 6.07) is 6.46. The molecule has 140 valence electrons. The first kappa shape index (κ1) is 18.4. The highest BCUT2D eigenvalue weighted by Gasteiger charge is 2.28. The van der Waals surface area contributed by atoms with Gasteiger partial charge in [-0.05, 0) is 38.5 Å². The summed E-state index contributed by atoms with van der Waals surface area (Å²) in [5, 5.41) is 3.30. The Bertz CT molecular complexity index is 753. The number of oxazole rings is 1. The molecule has 0 radical (unpaired) electrons. The highest BCUT2D eigenvalue weighted by molar-refractivity contribution is 5.80. The average molecular weight is 360 g/mol. The molecule has 1 fully saturated rings. The van der Waals surface area contributed by atoms with Crippen LogP contribution in [-0.4, -0.2) is 42.1 Å². The summed E-state index contributed by atoms with van der Waals surface area (Å²) in [5.41, 5.74) is 1.85. The molecule has 3 rings (SSSR count). The predicted octanol–water partition coefficient (Wildman–Crippen LogP) is 2.97. The summed E-state index contributed by atoms with van der Waals surface area (Å²) in [4.78, 5) is 10.9. The molecule has 2 aromatic rings. The van der Waals surface area contributed by atoms with Gasteiger partial charge in [-0.3, -0.25) is 4.99 Å². The van der Waals surface area contributed by atoms with Crippen molar-refractivity contribution >= 4 is 5.96 Å². The van der Waals surface area contributed by atoms with Gasteiger partial charge in [0, 0.05) is 13.6 Å². The van der Waals surface area contributed by atoms with Gasteiger partial charge in [0.25, 0.3) is 0 Å². The quantitative estimate of drug-likeness (QED) is 0.673. The van der Waals surface area contributed by atoms with Crippen LogP contribution in [0.4, 0.5) is 4.39 Å². The summed E-state index contributed by atoms with van der Waals surface area (Å²) in [6.07, 6.45) is -0.104. The number of halogens is 1. The fourth-order valence-corrected chi connectivity index (χ4v) is 3.09. The number of benzene rings is 1. The van der Waals surface area contributed by atoms with Crippen molar-refractivity contribution in [3.05, 3.63) is 53.0 Å². The monoisotopic (exact) mass is 360 g/mol. The fourth-order valence-electron chi connectivity index (χ4n) is 3.09. The first-order valence-electron chi connectivity index (χ1n) is 8.75. The number of ether oxygens (including phenoxy) is 1. The van der Waals surface area contributed by atoms with Crippen molar-refractivity contribution in [1.29, 1.82) is 0 Å². The molecule has 1 aromatic heterocycles. The van der Waals surface area contributed by atoms with Crippen molar-refractivity contribution in [3.8, 4) is 0 Å². The average Bonchev–Trinajstić information content (AvgIpc) is 2.93. The fraction of sp³-hybridized carbons (Fsp3) is 0.474. The molecule has 6 nitrogen and oxygen atoms in total. The van der Waals surface area contributed by atoms with E-state index in [1.54, 1.807) is 19.2 Å². The topological polar surface area (TPSA) is 62.9 Å². The molecule has 0 bridgehead atoms. The number of nitrogens with one attached hydrogen (secondary N) is 1. The molecule has 1 aromatic carbocycles. The van der Waals surface area contributed by atoms with Crippen LogP contribution in [0.3, 0.4) is 0 Å². The third kappa shape index (κ3) is 4.22. The van der Waals surface area contributed by atoms with Crippen LogP contribution in [0, 0.1) is 19.7 Å². The number of aryl methyl sites for hydroxylation is 2. The Morgan fingerprint density at radius 1 is 1.31 bits per heavy atom. The van der Waals surface area contributed by atoms with Crippen LogP contribution in [0.5, 0.6) is 0 Å². The Morgan fingerprint density at radius 3 is 2.65 bits per heavy atom. The van der Waals surface area contributed by atoms with E-state index in [0.717, 1.165) is 29.5 Å². The van der Waals surface area contributed by atoms with E-state index < -0.39 is 0 Å². The number of hydrogen-bond donors (Lipinski definition) is 1. The number of nitrogens with zero attached hydrogens (tertiary/aromatic N) is 3. The Morgan fingerprint density at radius 2 is 2.04 bits per heavy atom. The first-order chi connectivity index (χ1) is 12.5. The van der Waals surface area contributed by atoms with Crippen molar-refractivity contribution in [2.45, 2.75) is 39.5 Å². The third-order valence-electron chi connectivity index (χ3n) is 4.48. The van der Waals surface area contributed by atoms with E-state index in [2.05, 4.69) is 20.2 Å². The van der Waals surface area contributed by atoms with E-state index in [9.17, 15) is 4.39 Å². The molecule has 2 atom stereocenters. The summed E-state index contributed by atoms with van der Waals surface area (Å²) in [6.45, 7) is 7.68. The zero-order valence-corrected chi connectivity index (χ0v) is 15.6. The number of aromatic nitrogens is 1. The molecule has 2 unspecified atom stereocenters. The van der Waals surface area contributed by atoms with Crippen molar-refractivity contribution in [1.82, 2.24) is 15.2 Å². The zero-order chi connectivity index (χ0) is 18.7. The molecule has 0 spiro atoms. The predicted molar refractivity (Wildman–Crippen MR) is 97.4 cm³/mol. The van der Waals surface area contributed by atoms with Gasteiger partial charge in [0.15, 0.2) is 5.96 Å². The number of hydrogen-bond acceptors (Lipinski definition) is 4. The normalized spacial score (nSPS) is 21.1. The largest absolute Gasteiger partial charge is 0.444 e. The van der Waals surface area contributed by atoms with Gasteiger partial charge in [0.2, 0.25) is 5.89 Å². The second-order valence-electron chi connectivity index (χ2n) is 6.54. The van der Waals surface area contributed by atoms with Gasteiger partial charge in [0.1, 0.15) is 17.7 Å². The maximum Gasteiger partial charge on any atom is 0.214 e. The molecule has 0 saturated carbocycles. The molecule has 1 aliphatic rings. The Labute approximate surface area is 153 Å². The summed E-state index contributed by atoms with van der Waals surface area (Å²) in [7, 11) is 1.75. The molecular weight excluding hydrogens is 335 g/mol. The maximum absolute atomic E-state index is 13.2. The van der Waals surface area contributed by atoms with Crippen molar-refractivity contribution in [3.63, 3.8) is 0 Å². The first-order valence-corrected chi connectivity index (χ1v) is 8.75. The molecule has 1 N–H and O–H groups in total. The van der Waals surface area contributed by atoms with Crippen LogP contribution in [0.2, 0.25) is 0 Å². The molecule has 1 aliphatic heterocycles. The lowest BCUT2D eigenvalue weighted by Crippen LogP contribution is -2.50. The van der Waals surface area contributed by atoms with E-state index in [1.807, 2.05) is 20.8 Å². The van der Waals surface area contributed by atoms with Gasteiger partial charge in [0.05, 0.1) is 24.9 Å². The highest BCUT2D eigenvalue weighted by Crippen LogP contribution is 2.25. The summed E-state index contributed by atoms with van der Waals surface area (Å²) >= 11 is 0. The van der Waals surface area contributed by atoms with Gasteiger partial charge in [-0.25, -0.2) is 9.37 Å². The molecular formula is C19H25FN4O2. The minimum atomic E-state index is -0.247. The van der Waals surface area contributed by atoms with Gasteiger partial charge >= 0.3 is 0 Å². The molecule has 2 heterocycles. The number of rotatable bonds is 3. The smallest absolute Gasteiger partial charge is 0.214 e. The molecule has 26 heavy (non-hydrogen) atoms. The van der Waals surface area contributed by atoms with Gasteiger partial charge in [-0.1, -0.05) is 12.1 Å². The Kier molecular flexibility index (Phi) is 5.56. The second-order valence-corrected chi connectivity index (χ2v) is 6.54.